The second kappa shape index (κ2) is 6.93. The van der Waals surface area contributed by atoms with E-state index in [0.29, 0.717) is 11.6 Å². The van der Waals surface area contributed by atoms with Gasteiger partial charge in [0.25, 0.3) is 0 Å². The molecular formula is C14H20ClFIN3. The highest BCUT2D eigenvalue weighted by molar-refractivity contribution is 14.0. The number of hydrogen-bond acceptors (Lipinski definition) is 3. The van der Waals surface area contributed by atoms with Gasteiger partial charge in [0.15, 0.2) is 5.96 Å². The van der Waals surface area contributed by atoms with Crippen LogP contribution in [0.25, 0.3) is 0 Å². The van der Waals surface area contributed by atoms with Gasteiger partial charge in [-0.2, -0.15) is 0 Å². The predicted octanol–water partition coefficient (Wildman–Crippen LogP) is 3.27. The summed E-state index contributed by atoms with van der Waals surface area (Å²) in [7, 11) is 2.01. The second-order valence-corrected chi connectivity index (χ2v) is 5.90. The lowest BCUT2D eigenvalue weighted by atomic mass is 9.84. The maximum atomic E-state index is 13.1. The number of benzene rings is 1. The van der Waals surface area contributed by atoms with Gasteiger partial charge in [0, 0.05) is 30.6 Å². The van der Waals surface area contributed by atoms with E-state index in [1.807, 2.05) is 7.05 Å². The lowest BCUT2D eigenvalue weighted by Crippen LogP contribution is -2.42. The number of halogens is 3. The number of nitrogens with one attached hydrogen (secondary N) is 1. The molecule has 0 atom stereocenters. The molecule has 1 aliphatic rings. The summed E-state index contributed by atoms with van der Waals surface area (Å²) in [5.41, 5.74) is 0.737. The standard InChI is InChI=1S/C14H19ClFN3.HI/c1-14(2,9-18-13-17-6-7-19(13)3)11-5-4-10(16)8-12(11)15;/h4-5,8H,6-7,9H2,1-3H3,(H,17,18);1H. The normalized spacial score (nSPS) is 14.8. The highest BCUT2D eigenvalue weighted by Gasteiger charge is 2.25. The molecule has 1 aromatic rings. The van der Waals surface area contributed by atoms with Gasteiger partial charge in [0.1, 0.15) is 5.82 Å². The van der Waals surface area contributed by atoms with Crippen LogP contribution >= 0.6 is 35.6 Å². The summed E-state index contributed by atoms with van der Waals surface area (Å²) in [4.78, 5) is 6.47. The van der Waals surface area contributed by atoms with Gasteiger partial charge >= 0.3 is 0 Å². The molecule has 3 nitrogen and oxygen atoms in total. The molecule has 1 N–H and O–H groups in total. The summed E-state index contributed by atoms with van der Waals surface area (Å²) >= 11 is 6.13. The number of likely N-dealkylation sites (N-methyl/N-ethyl adjacent to an activating group) is 1. The van der Waals surface area contributed by atoms with Gasteiger partial charge in [-0.25, -0.2) is 4.39 Å². The van der Waals surface area contributed by atoms with Crippen LogP contribution in [0.4, 0.5) is 4.39 Å². The molecule has 0 fully saturated rings. The van der Waals surface area contributed by atoms with Crippen molar-refractivity contribution in [3.05, 3.63) is 34.6 Å². The Morgan fingerprint density at radius 3 is 2.70 bits per heavy atom. The molecule has 0 saturated heterocycles. The SMILES string of the molecule is CN1CCN=C1NCC(C)(C)c1ccc(F)cc1Cl.I. The monoisotopic (exact) mass is 411 g/mol. The summed E-state index contributed by atoms with van der Waals surface area (Å²) in [6, 6.07) is 4.56. The zero-order chi connectivity index (χ0) is 14.0. The van der Waals surface area contributed by atoms with E-state index in [9.17, 15) is 4.39 Å². The van der Waals surface area contributed by atoms with Crippen molar-refractivity contribution in [2.24, 2.45) is 4.99 Å². The summed E-state index contributed by atoms with van der Waals surface area (Å²) in [5, 5.41) is 3.80. The van der Waals surface area contributed by atoms with Crippen molar-refractivity contribution in [3.8, 4) is 0 Å². The molecule has 0 aromatic heterocycles. The van der Waals surface area contributed by atoms with E-state index in [2.05, 4.69) is 29.1 Å². The zero-order valence-corrected chi connectivity index (χ0v) is 15.0. The molecule has 0 radical (unpaired) electrons. The van der Waals surface area contributed by atoms with Crippen molar-refractivity contribution in [2.45, 2.75) is 19.3 Å². The number of guanidine groups is 1. The Morgan fingerprint density at radius 2 is 2.15 bits per heavy atom. The molecule has 6 heteroatoms. The predicted molar refractivity (Wildman–Crippen MR) is 92.8 cm³/mol. The van der Waals surface area contributed by atoms with Crippen LogP contribution in [-0.4, -0.2) is 37.5 Å². The van der Waals surface area contributed by atoms with Gasteiger partial charge in [0.2, 0.25) is 0 Å². The Morgan fingerprint density at radius 1 is 1.45 bits per heavy atom. The molecule has 0 spiro atoms. The minimum absolute atomic E-state index is 0. The first kappa shape index (κ1) is 17.5. The van der Waals surface area contributed by atoms with Crippen molar-refractivity contribution in [3.63, 3.8) is 0 Å². The Bertz CT molecular complexity index is 505. The zero-order valence-electron chi connectivity index (χ0n) is 11.9. The van der Waals surface area contributed by atoms with E-state index in [1.165, 1.54) is 12.1 Å². The van der Waals surface area contributed by atoms with Crippen LogP contribution in [0.1, 0.15) is 19.4 Å². The van der Waals surface area contributed by atoms with E-state index in [1.54, 1.807) is 6.07 Å². The van der Waals surface area contributed by atoms with Gasteiger partial charge in [-0.05, 0) is 17.7 Å². The van der Waals surface area contributed by atoms with Gasteiger partial charge in [-0.3, -0.25) is 4.99 Å². The molecule has 2 rings (SSSR count). The number of rotatable bonds is 3. The smallest absolute Gasteiger partial charge is 0.193 e. The van der Waals surface area contributed by atoms with Crippen molar-refractivity contribution < 1.29 is 4.39 Å². The molecule has 1 heterocycles. The summed E-state index contributed by atoms with van der Waals surface area (Å²) in [5.74, 6) is 0.601. The topological polar surface area (TPSA) is 27.6 Å². The molecule has 112 valence electrons. The molecule has 0 saturated carbocycles. The maximum absolute atomic E-state index is 13.1. The second-order valence-electron chi connectivity index (χ2n) is 5.49. The summed E-state index contributed by atoms with van der Waals surface area (Å²) in [6.45, 7) is 6.63. The maximum Gasteiger partial charge on any atom is 0.193 e. The lowest BCUT2D eigenvalue weighted by molar-refractivity contribution is 0.480. The van der Waals surface area contributed by atoms with Crippen molar-refractivity contribution in [1.82, 2.24) is 10.2 Å². The highest BCUT2D eigenvalue weighted by atomic mass is 127. The van der Waals surface area contributed by atoms with E-state index < -0.39 is 0 Å². The third-order valence-corrected chi connectivity index (χ3v) is 3.72. The molecule has 1 aliphatic heterocycles. The van der Waals surface area contributed by atoms with E-state index >= 15 is 0 Å². The van der Waals surface area contributed by atoms with Gasteiger partial charge in [-0.15, -0.1) is 24.0 Å². The first-order valence-corrected chi connectivity index (χ1v) is 6.73. The third-order valence-electron chi connectivity index (χ3n) is 3.41. The Hall–Kier alpha value is -0.560. The fraction of sp³-hybridized carbons (Fsp3) is 0.500. The summed E-state index contributed by atoms with van der Waals surface area (Å²) < 4.78 is 13.1. The van der Waals surface area contributed by atoms with Crippen LogP contribution in [0.2, 0.25) is 5.02 Å². The van der Waals surface area contributed by atoms with Crippen LogP contribution in [0.5, 0.6) is 0 Å². The fourth-order valence-corrected chi connectivity index (χ4v) is 2.58. The molecule has 0 bridgehead atoms. The molecular weight excluding hydrogens is 392 g/mol. The Kier molecular flexibility index (Phi) is 6.06. The Labute approximate surface area is 141 Å². The largest absolute Gasteiger partial charge is 0.355 e. The highest BCUT2D eigenvalue weighted by Crippen LogP contribution is 2.29. The summed E-state index contributed by atoms with van der Waals surface area (Å²) in [6.07, 6.45) is 0. The van der Waals surface area contributed by atoms with Gasteiger partial charge in [-0.1, -0.05) is 31.5 Å². The number of nitrogens with zero attached hydrogens (tertiary/aromatic N) is 2. The minimum Gasteiger partial charge on any atom is -0.355 e. The van der Waals surface area contributed by atoms with E-state index in [0.717, 1.165) is 24.6 Å². The van der Waals surface area contributed by atoms with Crippen LogP contribution in [0.15, 0.2) is 23.2 Å². The quantitative estimate of drug-likeness (QED) is 0.773. The van der Waals surface area contributed by atoms with Crippen LogP contribution < -0.4 is 5.32 Å². The first-order valence-electron chi connectivity index (χ1n) is 6.35. The van der Waals surface area contributed by atoms with E-state index in [-0.39, 0.29) is 35.2 Å². The Balaban J connectivity index is 0.00000200. The third kappa shape index (κ3) is 3.97. The van der Waals surface area contributed by atoms with Crippen LogP contribution in [-0.2, 0) is 5.41 Å². The molecule has 0 amide bonds. The number of aliphatic imine (C=N–C) groups is 1. The molecule has 1 aromatic carbocycles. The van der Waals surface area contributed by atoms with Crippen LogP contribution in [0, 0.1) is 5.82 Å². The van der Waals surface area contributed by atoms with Gasteiger partial charge in [0.05, 0.1) is 6.54 Å². The van der Waals surface area contributed by atoms with E-state index in [4.69, 9.17) is 11.6 Å². The van der Waals surface area contributed by atoms with Gasteiger partial charge < -0.3 is 10.2 Å². The minimum atomic E-state index is -0.308. The lowest BCUT2D eigenvalue weighted by Gasteiger charge is -2.28. The van der Waals surface area contributed by atoms with Crippen molar-refractivity contribution in [1.29, 1.82) is 0 Å². The average molecular weight is 412 g/mol. The average Bonchev–Trinajstić information content (AvgIpc) is 2.72. The van der Waals surface area contributed by atoms with Crippen molar-refractivity contribution in [2.75, 3.05) is 26.7 Å². The molecule has 20 heavy (non-hydrogen) atoms. The first-order chi connectivity index (χ1) is 8.90. The van der Waals surface area contributed by atoms with Crippen LogP contribution in [0.3, 0.4) is 0 Å². The molecule has 0 unspecified atom stereocenters. The van der Waals surface area contributed by atoms with Crippen molar-refractivity contribution >= 4 is 41.5 Å². The molecule has 0 aliphatic carbocycles. The fourth-order valence-electron chi connectivity index (χ4n) is 2.16. The number of hydrogen-bond donors (Lipinski definition) is 1.